The van der Waals surface area contributed by atoms with Gasteiger partial charge in [-0.2, -0.15) is 13.2 Å². The number of halogens is 3. The van der Waals surface area contributed by atoms with E-state index in [0.717, 1.165) is 37.2 Å². The van der Waals surface area contributed by atoms with E-state index < -0.39 is 17.5 Å². The Morgan fingerprint density at radius 2 is 1.93 bits per heavy atom. The number of fused-ring (bicyclic) bond motifs is 1. The summed E-state index contributed by atoms with van der Waals surface area (Å²) in [5, 5.41) is 13.7. The van der Waals surface area contributed by atoms with Crippen LogP contribution in [0.5, 0.6) is 5.75 Å². The predicted octanol–water partition coefficient (Wildman–Crippen LogP) is 4.52. The molecule has 1 atom stereocenters. The summed E-state index contributed by atoms with van der Waals surface area (Å²) >= 11 is 0. The number of phenolic OH excluding ortho intramolecular Hbond substituents is 1. The summed E-state index contributed by atoms with van der Waals surface area (Å²) in [7, 11) is 2.07. The van der Waals surface area contributed by atoms with Gasteiger partial charge in [0.15, 0.2) is 5.65 Å². The second-order valence-electron chi connectivity index (χ2n) is 8.06. The van der Waals surface area contributed by atoms with E-state index in [-0.39, 0.29) is 11.6 Å². The molecular formula is C21H24F3N5O. The number of phenols is 1. The van der Waals surface area contributed by atoms with Gasteiger partial charge in [-0.25, -0.2) is 9.97 Å². The molecular weight excluding hydrogens is 395 g/mol. The van der Waals surface area contributed by atoms with Gasteiger partial charge in [-0.15, -0.1) is 0 Å². The standard InChI is InChI=1S/C21H24F3N5O/c1-12(2)29-16-6-7-18(25-14-8-9-28(3)11-14)26-19(16)27-20(29)15-5-4-13(10-17(15)30)21(22,23)24/h4-7,10,12,14,30H,8-9,11H2,1-3H3,(H,25,26)/t14-/m1/s1. The highest BCUT2D eigenvalue weighted by atomic mass is 19.4. The first-order valence-electron chi connectivity index (χ1n) is 9.88. The van der Waals surface area contributed by atoms with Gasteiger partial charge in [-0.1, -0.05) is 0 Å². The van der Waals surface area contributed by atoms with Crippen LogP contribution in [0.3, 0.4) is 0 Å². The van der Waals surface area contributed by atoms with Crippen LogP contribution < -0.4 is 5.32 Å². The molecule has 2 aromatic heterocycles. The number of imidazole rings is 1. The molecule has 1 aliphatic rings. The number of anilines is 1. The fraction of sp³-hybridized carbons (Fsp3) is 0.429. The molecule has 3 heterocycles. The van der Waals surface area contributed by atoms with Crippen molar-refractivity contribution in [1.82, 2.24) is 19.4 Å². The van der Waals surface area contributed by atoms with Crippen molar-refractivity contribution in [2.24, 2.45) is 0 Å². The molecule has 1 saturated heterocycles. The van der Waals surface area contributed by atoms with Gasteiger partial charge >= 0.3 is 6.18 Å². The molecule has 0 bridgehead atoms. The second-order valence-corrected chi connectivity index (χ2v) is 8.06. The summed E-state index contributed by atoms with van der Waals surface area (Å²) in [6.07, 6.45) is -3.49. The first-order valence-corrected chi connectivity index (χ1v) is 9.88. The molecule has 160 valence electrons. The van der Waals surface area contributed by atoms with Gasteiger partial charge in [0.05, 0.1) is 16.6 Å². The Labute approximate surface area is 172 Å². The average molecular weight is 419 g/mol. The molecule has 30 heavy (non-hydrogen) atoms. The molecule has 6 nitrogen and oxygen atoms in total. The van der Waals surface area contributed by atoms with Crippen molar-refractivity contribution in [3.8, 4) is 17.1 Å². The van der Waals surface area contributed by atoms with Crippen LogP contribution in [0.1, 0.15) is 31.9 Å². The van der Waals surface area contributed by atoms with Crippen LogP contribution in [0, 0.1) is 0 Å². The summed E-state index contributed by atoms with van der Waals surface area (Å²) in [5.41, 5.74) is 0.575. The van der Waals surface area contributed by atoms with Gasteiger partial charge in [0, 0.05) is 18.6 Å². The number of nitrogens with one attached hydrogen (secondary N) is 1. The zero-order valence-corrected chi connectivity index (χ0v) is 17.0. The highest BCUT2D eigenvalue weighted by Gasteiger charge is 2.32. The highest BCUT2D eigenvalue weighted by molar-refractivity contribution is 5.80. The Bertz CT molecular complexity index is 1080. The van der Waals surface area contributed by atoms with Crippen molar-refractivity contribution in [1.29, 1.82) is 0 Å². The quantitative estimate of drug-likeness (QED) is 0.651. The van der Waals surface area contributed by atoms with Crippen LogP contribution in [-0.4, -0.2) is 50.7 Å². The SMILES string of the molecule is CC(C)n1c(-c2ccc(C(F)(F)F)cc2O)nc2nc(N[C@@H]3CCN(C)C3)ccc21. The number of rotatable bonds is 4. The van der Waals surface area contributed by atoms with Crippen LogP contribution in [0.2, 0.25) is 0 Å². The largest absolute Gasteiger partial charge is 0.507 e. The van der Waals surface area contributed by atoms with Crippen LogP contribution in [0.25, 0.3) is 22.6 Å². The summed E-state index contributed by atoms with van der Waals surface area (Å²) in [6.45, 7) is 5.86. The molecule has 0 radical (unpaired) electrons. The number of nitrogens with zero attached hydrogens (tertiary/aromatic N) is 4. The number of alkyl halides is 3. The van der Waals surface area contributed by atoms with E-state index >= 15 is 0 Å². The Morgan fingerprint density at radius 3 is 2.53 bits per heavy atom. The van der Waals surface area contributed by atoms with Crippen molar-refractivity contribution in [2.75, 3.05) is 25.5 Å². The first-order chi connectivity index (χ1) is 14.1. The Hall–Kier alpha value is -2.81. The Balaban J connectivity index is 1.75. The number of likely N-dealkylation sites (tertiary alicyclic amines) is 1. The van der Waals surface area contributed by atoms with Gasteiger partial charge in [-0.05, 0) is 64.2 Å². The lowest BCUT2D eigenvalue weighted by Gasteiger charge is -2.15. The predicted molar refractivity (Wildman–Crippen MR) is 110 cm³/mol. The van der Waals surface area contributed by atoms with Crippen LogP contribution >= 0.6 is 0 Å². The molecule has 9 heteroatoms. The molecule has 0 spiro atoms. The third-order valence-corrected chi connectivity index (χ3v) is 5.38. The fourth-order valence-electron chi connectivity index (χ4n) is 3.93. The lowest BCUT2D eigenvalue weighted by molar-refractivity contribution is -0.137. The lowest BCUT2D eigenvalue weighted by Crippen LogP contribution is -2.23. The number of aromatic nitrogens is 3. The van der Waals surface area contributed by atoms with E-state index in [1.54, 1.807) is 0 Å². The Morgan fingerprint density at radius 1 is 1.17 bits per heavy atom. The molecule has 3 aromatic rings. The van der Waals surface area contributed by atoms with Crippen molar-refractivity contribution >= 4 is 17.0 Å². The van der Waals surface area contributed by atoms with Crippen molar-refractivity contribution in [2.45, 2.75) is 38.5 Å². The molecule has 2 N–H and O–H groups in total. The van der Waals surface area contributed by atoms with E-state index in [9.17, 15) is 18.3 Å². The summed E-state index contributed by atoms with van der Waals surface area (Å²) in [4.78, 5) is 11.4. The minimum Gasteiger partial charge on any atom is -0.507 e. The zero-order valence-electron chi connectivity index (χ0n) is 17.0. The van der Waals surface area contributed by atoms with Crippen LogP contribution in [0.15, 0.2) is 30.3 Å². The van der Waals surface area contributed by atoms with Gasteiger partial charge < -0.3 is 19.9 Å². The molecule has 1 aromatic carbocycles. The normalized spacial score (nSPS) is 17.9. The van der Waals surface area contributed by atoms with Gasteiger partial charge in [-0.3, -0.25) is 0 Å². The van der Waals surface area contributed by atoms with Gasteiger partial charge in [0.2, 0.25) is 0 Å². The molecule has 4 rings (SSSR count). The van der Waals surface area contributed by atoms with Gasteiger partial charge in [0.1, 0.15) is 17.4 Å². The highest BCUT2D eigenvalue weighted by Crippen LogP contribution is 2.38. The van der Waals surface area contributed by atoms with E-state index in [1.807, 2.05) is 30.5 Å². The molecule has 1 aliphatic heterocycles. The molecule has 0 saturated carbocycles. The molecule has 1 fully saturated rings. The molecule has 0 unspecified atom stereocenters. The maximum atomic E-state index is 13.0. The van der Waals surface area contributed by atoms with Gasteiger partial charge in [0.25, 0.3) is 0 Å². The summed E-state index contributed by atoms with van der Waals surface area (Å²) in [6, 6.07) is 7.01. The van der Waals surface area contributed by atoms with Crippen molar-refractivity contribution in [3.63, 3.8) is 0 Å². The maximum absolute atomic E-state index is 13.0. The smallest absolute Gasteiger partial charge is 0.416 e. The summed E-state index contributed by atoms with van der Waals surface area (Å²) in [5.74, 6) is 0.630. The van der Waals surface area contributed by atoms with E-state index in [2.05, 4.69) is 27.2 Å². The third-order valence-electron chi connectivity index (χ3n) is 5.38. The van der Waals surface area contributed by atoms with Crippen molar-refractivity contribution < 1.29 is 18.3 Å². The van der Waals surface area contributed by atoms with Crippen LogP contribution in [0.4, 0.5) is 19.0 Å². The Kier molecular flexibility index (Phi) is 5.09. The number of hydrogen-bond acceptors (Lipinski definition) is 5. The molecule has 0 amide bonds. The van der Waals surface area contributed by atoms with E-state index in [1.165, 1.54) is 6.07 Å². The van der Waals surface area contributed by atoms with Crippen molar-refractivity contribution in [3.05, 3.63) is 35.9 Å². The average Bonchev–Trinajstić information content (AvgIpc) is 3.23. The summed E-state index contributed by atoms with van der Waals surface area (Å²) < 4.78 is 40.8. The molecule has 0 aliphatic carbocycles. The minimum atomic E-state index is -4.52. The maximum Gasteiger partial charge on any atom is 0.416 e. The number of benzene rings is 1. The zero-order chi connectivity index (χ0) is 21.6. The third kappa shape index (κ3) is 3.81. The lowest BCUT2D eigenvalue weighted by atomic mass is 10.1. The first kappa shape index (κ1) is 20.5. The number of hydrogen-bond donors (Lipinski definition) is 2. The monoisotopic (exact) mass is 419 g/mol. The van der Waals surface area contributed by atoms with E-state index in [4.69, 9.17) is 0 Å². The van der Waals surface area contributed by atoms with Crippen LogP contribution in [-0.2, 0) is 6.18 Å². The topological polar surface area (TPSA) is 66.2 Å². The minimum absolute atomic E-state index is 0.0317. The number of aromatic hydroxyl groups is 1. The number of pyridine rings is 1. The van der Waals surface area contributed by atoms with E-state index in [0.29, 0.717) is 23.3 Å². The second kappa shape index (κ2) is 7.46. The number of likely N-dealkylation sites (N-methyl/N-ethyl adjacent to an activating group) is 1. The fourth-order valence-corrected chi connectivity index (χ4v) is 3.93.